The number of benzene rings is 3. The zero-order valence-electron chi connectivity index (χ0n) is 15.9. The Bertz CT molecular complexity index is 803. The minimum absolute atomic E-state index is 0.809. The van der Waals surface area contributed by atoms with E-state index < -0.39 is 0 Å². The van der Waals surface area contributed by atoms with Crippen LogP contribution in [-0.2, 0) is 13.1 Å². The molecule has 0 spiro atoms. The van der Waals surface area contributed by atoms with Crippen molar-refractivity contribution >= 4 is 11.8 Å². The van der Waals surface area contributed by atoms with Gasteiger partial charge in [0.05, 0.1) is 14.2 Å². The summed E-state index contributed by atoms with van der Waals surface area (Å²) in [5.74, 6) is 1.74. The second-order valence-electron chi connectivity index (χ2n) is 6.35. The molecular weight excluding hydrogens is 334 g/mol. The molecule has 0 saturated carbocycles. The molecule has 0 aromatic heterocycles. The van der Waals surface area contributed by atoms with Crippen molar-refractivity contribution in [1.82, 2.24) is 0 Å². The first-order valence-corrected chi connectivity index (χ1v) is 8.95. The summed E-state index contributed by atoms with van der Waals surface area (Å²) in [6, 6.07) is 24.9. The molecule has 0 aliphatic heterocycles. The van der Waals surface area contributed by atoms with Crippen LogP contribution in [0.25, 0.3) is 6.08 Å². The lowest BCUT2D eigenvalue weighted by molar-refractivity contribution is 0.414. The zero-order valence-corrected chi connectivity index (χ0v) is 15.9. The number of methoxy groups -OCH3 is 2. The topological polar surface area (TPSA) is 21.7 Å². The van der Waals surface area contributed by atoms with Gasteiger partial charge in [-0.3, -0.25) is 0 Å². The Kier molecular flexibility index (Phi) is 6.16. The van der Waals surface area contributed by atoms with Gasteiger partial charge in [0.1, 0.15) is 11.5 Å². The Morgan fingerprint density at radius 1 is 0.704 bits per heavy atom. The molecule has 0 N–H and O–H groups in total. The molecule has 0 radical (unpaired) electrons. The normalized spacial score (nSPS) is 10.3. The number of ether oxygens (including phenoxy) is 2. The van der Waals surface area contributed by atoms with Crippen molar-refractivity contribution in [2.75, 3.05) is 19.1 Å². The average molecular weight is 359 g/mol. The summed E-state index contributed by atoms with van der Waals surface area (Å²) in [5, 5.41) is 0. The van der Waals surface area contributed by atoms with Gasteiger partial charge in [-0.1, -0.05) is 49.1 Å². The molecule has 0 aliphatic rings. The summed E-state index contributed by atoms with van der Waals surface area (Å²) in [5.41, 5.74) is 4.76. The van der Waals surface area contributed by atoms with Gasteiger partial charge in [-0.15, -0.1) is 0 Å². The van der Waals surface area contributed by atoms with E-state index in [-0.39, 0.29) is 0 Å². The minimum atomic E-state index is 0.809. The van der Waals surface area contributed by atoms with E-state index in [2.05, 4.69) is 60.0 Å². The van der Waals surface area contributed by atoms with Crippen LogP contribution in [0.3, 0.4) is 0 Å². The van der Waals surface area contributed by atoms with E-state index in [4.69, 9.17) is 9.47 Å². The first-order chi connectivity index (χ1) is 13.2. The van der Waals surface area contributed by atoms with Gasteiger partial charge in [-0.2, -0.15) is 0 Å². The number of hydrogen-bond donors (Lipinski definition) is 0. The molecule has 3 heteroatoms. The second kappa shape index (κ2) is 8.95. The van der Waals surface area contributed by atoms with E-state index in [1.165, 1.54) is 16.8 Å². The van der Waals surface area contributed by atoms with Gasteiger partial charge in [-0.05, 0) is 53.1 Å². The Balaban J connectivity index is 1.84. The molecule has 3 rings (SSSR count). The van der Waals surface area contributed by atoms with Crippen LogP contribution in [-0.4, -0.2) is 14.2 Å². The summed E-state index contributed by atoms with van der Waals surface area (Å²) in [4.78, 5) is 2.36. The fraction of sp³-hybridized carbons (Fsp3) is 0.167. The first kappa shape index (κ1) is 18.6. The van der Waals surface area contributed by atoms with Crippen LogP contribution in [0.4, 0.5) is 5.69 Å². The van der Waals surface area contributed by atoms with Gasteiger partial charge in [0.25, 0.3) is 0 Å². The molecule has 0 heterocycles. The molecular formula is C24H25NO2. The van der Waals surface area contributed by atoms with Crippen LogP contribution >= 0.6 is 0 Å². The Morgan fingerprint density at radius 3 is 1.52 bits per heavy atom. The lowest BCUT2D eigenvalue weighted by Gasteiger charge is -2.25. The predicted molar refractivity (Wildman–Crippen MR) is 112 cm³/mol. The van der Waals surface area contributed by atoms with Crippen molar-refractivity contribution in [2.24, 2.45) is 0 Å². The summed E-state index contributed by atoms with van der Waals surface area (Å²) in [6.45, 7) is 5.45. The van der Waals surface area contributed by atoms with E-state index in [0.29, 0.717) is 0 Å². The van der Waals surface area contributed by atoms with Gasteiger partial charge >= 0.3 is 0 Å². The molecule has 3 aromatic carbocycles. The zero-order chi connectivity index (χ0) is 19.1. The number of rotatable bonds is 8. The van der Waals surface area contributed by atoms with E-state index in [1.807, 2.05) is 30.3 Å². The van der Waals surface area contributed by atoms with Crippen LogP contribution in [0.5, 0.6) is 11.5 Å². The van der Waals surface area contributed by atoms with Crippen molar-refractivity contribution in [1.29, 1.82) is 0 Å². The maximum Gasteiger partial charge on any atom is 0.118 e. The van der Waals surface area contributed by atoms with Crippen molar-refractivity contribution in [3.63, 3.8) is 0 Å². The fourth-order valence-corrected chi connectivity index (χ4v) is 2.96. The monoisotopic (exact) mass is 359 g/mol. The van der Waals surface area contributed by atoms with Crippen LogP contribution < -0.4 is 14.4 Å². The quantitative estimate of drug-likeness (QED) is 0.526. The van der Waals surface area contributed by atoms with Gasteiger partial charge in [0, 0.05) is 18.8 Å². The van der Waals surface area contributed by atoms with Crippen LogP contribution in [0.15, 0.2) is 79.4 Å². The SMILES string of the molecule is C=Cc1ccc(N(Cc2ccc(OC)cc2)Cc2ccc(OC)cc2)cc1. The fourth-order valence-electron chi connectivity index (χ4n) is 2.96. The Hall–Kier alpha value is -3.20. The summed E-state index contributed by atoms with van der Waals surface area (Å²) in [6.07, 6.45) is 1.86. The average Bonchev–Trinajstić information content (AvgIpc) is 2.74. The van der Waals surface area contributed by atoms with E-state index in [9.17, 15) is 0 Å². The maximum absolute atomic E-state index is 5.27. The maximum atomic E-state index is 5.27. The molecule has 0 fully saturated rings. The third-order valence-electron chi connectivity index (χ3n) is 4.56. The van der Waals surface area contributed by atoms with Crippen molar-refractivity contribution in [2.45, 2.75) is 13.1 Å². The molecule has 3 aromatic rings. The molecule has 0 amide bonds. The van der Waals surface area contributed by atoms with Crippen LogP contribution in [0, 0.1) is 0 Å². The Morgan fingerprint density at radius 2 is 1.15 bits per heavy atom. The molecule has 0 saturated heterocycles. The molecule has 0 aliphatic carbocycles. The highest BCUT2D eigenvalue weighted by Crippen LogP contribution is 2.23. The molecule has 0 unspecified atom stereocenters. The molecule has 0 atom stereocenters. The summed E-state index contributed by atoms with van der Waals surface area (Å²) >= 11 is 0. The molecule has 138 valence electrons. The lowest BCUT2D eigenvalue weighted by atomic mass is 10.1. The van der Waals surface area contributed by atoms with Crippen molar-refractivity contribution < 1.29 is 9.47 Å². The Labute approximate surface area is 161 Å². The highest BCUT2D eigenvalue weighted by atomic mass is 16.5. The number of nitrogens with zero attached hydrogens (tertiary/aromatic N) is 1. The number of anilines is 1. The number of hydrogen-bond acceptors (Lipinski definition) is 3. The summed E-state index contributed by atoms with van der Waals surface area (Å²) < 4.78 is 10.5. The van der Waals surface area contributed by atoms with Gasteiger partial charge in [0.2, 0.25) is 0 Å². The predicted octanol–water partition coefficient (Wildman–Crippen LogP) is 5.55. The third-order valence-corrected chi connectivity index (χ3v) is 4.56. The van der Waals surface area contributed by atoms with Gasteiger partial charge in [-0.25, -0.2) is 0 Å². The standard InChI is InChI=1S/C24H25NO2/c1-4-19-5-11-22(12-6-19)25(17-20-7-13-23(26-2)14-8-20)18-21-9-15-24(27-3)16-10-21/h4-16H,1,17-18H2,2-3H3. The highest BCUT2D eigenvalue weighted by Gasteiger charge is 2.09. The second-order valence-corrected chi connectivity index (χ2v) is 6.35. The van der Waals surface area contributed by atoms with Gasteiger partial charge in [0.15, 0.2) is 0 Å². The largest absolute Gasteiger partial charge is 0.497 e. The van der Waals surface area contributed by atoms with E-state index in [0.717, 1.165) is 30.2 Å². The minimum Gasteiger partial charge on any atom is -0.497 e. The van der Waals surface area contributed by atoms with Gasteiger partial charge < -0.3 is 14.4 Å². The first-order valence-electron chi connectivity index (χ1n) is 8.95. The third kappa shape index (κ3) is 4.91. The van der Waals surface area contributed by atoms with Crippen LogP contribution in [0.2, 0.25) is 0 Å². The molecule has 0 bridgehead atoms. The smallest absolute Gasteiger partial charge is 0.118 e. The van der Waals surface area contributed by atoms with E-state index in [1.54, 1.807) is 14.2 Å². The van der Waals surface area contributed by atoms with E-state index >= 15 is 0 Å². The highest BCUT2D eigenvalue weighted by molar-refractivity contribution is 5.55. The van der Waals surface area contributed by atoms with Crippen LogP contribution in [0.1, 0.15) is 16.7 Å². The molecule has 3 nitrogen and oxygen atoms in total. The lowest BCUT2D eigenvalue weighted by Crippen LogP contribution is -2.22. The van der Waals surface area contributed by atoms with Crippen molar-refractivity contribution in [3.8, 4) is 11.5 Å². The molecule has 27 heavy (non-hydrogen) atoms. The van der Waals surface area contributed by atoms with Crippen molar-refractivity contribution in [3.05, 3.63) is 96.1 Å². The summed E-state index contributed by atoms with van der Waals surface area (Å²) in [7, 11) is 3.37.